The molecule has 11 rings (SSSR count). The normalized spacial score (nSPS) is 21.3. The molecule has 2 aliphatic rings. The zero-order valence-corrected chi connectivity index (χ0v) is 46.9. The van der Waals surface area contributed by atoms with E-state index in [1.54, 1.807) is 135 Å². The Labute approximate surface area is 502 Å². The van der Waals surface area contributed by atoms with Crippen molar-refractivity contribution in [2.45, 2.75) is 75.3 Å². The Morgan fingerprint density at radius 1 is 0.375 bits per heavy atom. The van der Waals surface area contributed by atoms with Gasteiger partial charge in [-0.3, -0.25) is 4.79 Å². The van der Waals surface area contributed by atoms with Crippen molar-refractivity contribution in [3.05, 3.63) is 268 Å². The quantitative estimate of drug-likeness (QED) is 0.0657. The van der Waals surface area contributed by atoms with Crippen molar-refractivity contribution in [3.8, 4) is 28.4 Å². The maximum Gasteiger partial charge on any atom is 0.338 e. The van der Waals surface area contributed by atoms with E-state index in [-0.39, 0.29) is 61.4 Å². The summed E-state index contributed by atoms with van der Waals surface area (Å²) in [5, 5.41) is 11.4. The number of esters is 6. The monoisotopic (exact) mass is 1190 g/mol. The number of hydrogen-bond acceptors (Lipinski definition) is 19. The number of fused-ring (bicyclic) bond motifs is 1. The first-order valence-corrected chi connectivity index (χ1v) is 27.9. The third-order valence-corrected chi connectivity index (χ3v) is 14.5. The van der Waals surface area contributed by atoms with Gasteiger partial charge < -0.3 is 56.9 Å². The standard InChI is InChI=1S/C69H54O19/c1-40-56(83-62(72)43-21-9-3-10-22-43)58(85-64(74)45-25-13-5-14-26-45)60(87-66(76)47-29-17-7-18-30-47)68(79-40)81-49-35-33-42(34-36-49)51-39-78-53-38-50(37-52(70)54(53)55(51)71)82-69-61(88-67(77)48-31-19-8-20-32-48)59(86-65(75)46-27-15-6-16-28-46)57(41(2)80-69)84-63(73)44-23-11-4-12-24-44/h3-41,56-61,68-70H,1-2H3/t40?,41?,56-,57-,58?,59?,60?,61?,68+,69+/m1/s1. The van der Waals surface area contributed by atoms with Gasteiger partial charge in [-0.2, -0.15) is 0 Å². The highest BCUT2D eigenvalue weighted by Crippen LogP contribution is 2.37. The highest BCUT2D eigenvalue weighted by molar-refractivity contribution is 5.93. The molecule has 88 heavy (non-hydrogen) atoms. The molecule has 3 heterocycles. The van der Waals surface area contributed by atoms with Crippen LogP contribution in [0.2, 0.25) is 0 Å². The van der Waals surface area contributed by atoms with E-state index in [0.717, 1.165) is 6.07 Å². The number of phenols is 1. The van der Waals surface area contributed by atoms with Crippen molar-refractivity contribution >= 4 is 46.8 Å². The molecule has 6 unspecified atom stereocenters. The Hall–Kier alpha value is -10.9. The summed E-state index contributed by atoms with van der Waals surface area (Å²) in [4.78, 5) is 97.2. The topological polar surface area (TPSA) is 245 Å². The molecule has 1 N–H and O–H groups in total. The van der Waals surface area contributed by atoms with E-state index < -0.39 is 108 Å². The van der Waals surface area contributed by atoms with E-state index in [2.05, 4.69) is 0 Å². The maximum atomic E-state index is 14.4. The second kappa shape index (κ2) is 26.6. The Morgan fingerprint density at radius 3 is 1.02 bits per heavy atom. The fourth-order valence-corrected chi connectivity index (χ4v) is 10.0. The zero-order chi connectivity index (χ0) is 61.3. The van der Waals surface area contributed by atoms with Gasteiger partial charge in [0.15, 0.2) is 24.4 Å². The number of hydrogen-bond donors (Lipinski definition) is 1. The average Bonchev–Trinajstić information content (AvgIpc) is 1.53. The number of phenolic OH excluding ortho intramolecular Hbond substituents is 1. The van der Waals surface area contributed by atoms with Crippen LogP contribution in [0.25, 0.3) is 22.1 Å². The number of benzene rings is 8. The molecule has 2 fully saturated rings. The van der Waals surface area contributed by atoms with Crippen LogP contribution in [0.4, 0.5) is 0 Å². The van der Waals surface area contributed by atoms with Crippen LogP contribution in [0.3, 0.4) is 0 Å². The summed E-state index contributed by atoms with van der Waals surface area (Å²) in [5.74, 6) is -5.49. The molecule has 0 spiro atoms. The van der Waals surface area contributed by atoms with Crippen molar-refractivity contribution in [3.63, 3.8) is 0 Å². The molecule has 0 saturated carbocycles. The average molecular weight is 1190 g/mol. The zero-order valence-electron chi connectivity index (χ0n) is 46.9. The Morgan fingerprint density at radius 2 is 0.682 bits per heavy atom. The van der Waals surface area contributed by atoms with Crippen molar-refractivity contribution in [2.75, 3.05) is 0 Å². The van der Waals surface area contributed by atoms with E-state index in [1.807, 2.05) is 0 Å². The van der Waals surface area contributed by atoms with Gasteiger partial charge in [0.05, 0.1) is 51.2 Å². The van der Waals surface area contributed by atoms with Crippen molar-refractivity contribution < 1.29 is 85.7 Å². The van der Waals surface area contributed by atoms with Crippen LogP contribution in [-0.2, 0) is 37.9 Å². The highest BCUT2D eigenvalue weighted by atomic mass is 16.7. The van der Waals surface area contributed by atoms with Crippen LogP contribution >= 0.6 is 0 Å². The first-order chi connectivity index (χ1) is 42.8. The summed E-state index contributed by atoms with van der Waals surface area (Å²) in [5.41, 5.74) is 0.465. The lowest BCUT2D eigenvalue weighted by Gasteiger charge is -2.43. The molecule has 0 radical (unpaired) electrons. The lowest BCUT2D eigenvalue weighted by atomic mass is 9.98. The molecule has 2 saturated heterocycles. The van der Waals surface area contributed by atoms with Crippen molar-refractivity contribution in [2.24, 2.45) is 0 Å². The first-order valence-electron chi connectivity index (χ1n) is 27.9. The number of aromatic hydroxyl groups is 1. The molecular weight excluding hydrogens is 1130 g/mol. The molecule has 0 amide bonds. The predicted octanol–water partition coefficient (Wildman–Crippen LogP) is 10.8. The van der Waals surface area contributed by atoms with E-state index in [0.29, 0.717) is 5.56 Å². The summed E-state index contributed by atoms with van der Waals surface area (Å²) < 4.78 is 67.7. The molecule has 10 atom stereocenters. The third-order valence-electron chi connectivity index (χ3n) is 14.5. The minimum atomic E-state index is -1.65. The third kappa shape index (κ3) is 13.3. The molecule has 1 aromatic heterocycles. The molecule has 0 bridgehead atoms. The molecule has 8 aromatic carbocycles. The van der Waals surface area contributed by atoms with E-state index >= 15 is 0 Å². The van der Waals surface area contributed by atoms with Gasteiger partial charge in [-0.15, -0.1) is 0 Å². The second-order valence-electron chi connectivity index (χ2n) is 20.4. The Bertz CT molecular complexity index is 4000. The van der Waals surface area contributed by atoms with Gasteiger partial charge in [-0.25, -0.2) is 28.8 Å². The second-order valence-corrected chi connectivity index (χ2v) is 20.4. The van der Waals surface area contributed by atoms with Gasteiger partial charge in [0.2, 0.25) is 30.2 Å². The van der Waals surface area contributed by atoms with Gasteiger partial charge in [-0.1, -0.05) is 121 Å². The van der Waals surface area contributed by atoms with E-state index in [9.17, 15) is 38.7 Å². The van der Waals surface area contributed by atoms with Crippen LogP contribution in [0.15, 0.2) is 234 Å². The van der Waals surface area contributed by atoms with Gasteiger partial charge in [-0.05, 0) is 104 Å². The predicted molar refractivity (Wildman–Crippen MR) is 313 cm³/mol. The van der Waals surface area contributed by atoms with Crippen LogP contribution < -0.4 is 14.9 Å². The SMILES string of the molecule is CC1O[C@@H](Oc2ccc(-c3coc4cc(O[C@@H]5OC(C)[C@@H](OC(=O)c6ccccc6)C(OC(=O)c6ccccc6)C5OC(=O)c5ccccc5)cc(O)c4c3=O)cc2)C(OC(=O)c2ccccc2)C(OC(=O)c2ccccc2)[C@@H]1OC(=O)c1ccccc1. The molecule has 9 aromatic rings. The number of ether oxygens (including phenoxy) is 10. The fraction of sp³-hybridized carbons (Fsp3) is 0.174. The summed E-state index contributed by atoms with van der Waals surface area (Å²) in [7, 11) is 0. The molecule has 19 heteroatoms. The lowest BCUT2D eigenvalue weighted by molar-refractivity contribution is -0.266. The lowest BCUT2D eigenvalue weighted by Crippen LogP contribution is -2.62. The fourth-order valence-electron chi connectivity index (χ4n) is 10.0. The molecule has 2 aliphatic heterocycles. The van der Waals surface area contributed by atoms with E-state index in [4.69, 9.17) is 51.8 Å². The minimum absolute atomic E-state index is 0.00711. The highest BCUT2D eigenvalue weighted by Gasteiger charge is 2.54. The van der Waals surface area contributed by atoms with Gasteiger partial charge in [0.1, 0.15) is 34.5 Å². The number of carbonyl (C=O) groups excluding carboxylic acids is 6. The smallest absolute Gasteiger partial charge is 0.338 e. The van der Waals surface area contributed by atoms with Crippen LogP contribution in [0.1, 0.15) is 76.0 Å². The van der Waals surface area contributed by atoms with Gasteiger partial charge in [0.25, 0.3) is 0 Å². The molecule has 19 nitrogen and oxygen atoms in total. The number of carbonyl (C=O) groups is 6. The molecule has 444 valence electrons. The Balaban J connectivity index is 0.871. The summed E-state index contributed by atoms with van der Waals surface area (Å²) >= 11 is 0. The van der Waals surface area contributed by atoms with Gasteiger partial charge in [0, 0.05) is 12.1 Å². The summed E-state index contributed by atoms with van der Waals surface area (Å²) in [6.45, 7) is 3.13. The Kier molecular flexibility index (Phi) is 17.8. The maximum absolute atomic E-state index is 14.4. The van der Waals surface area contributed by atoms with Crippen molar-refractivity contribution in [1.29, 1.82) is 0 Å². The van der Waals surface area contributed by atoms with E-state index in [1.165, 1.54) is 97.3 Å². The molecule has 0 aliphatic carbocycles. The summed E-state index contributed by atoms with van der Waals surface area (Å²) in [6.07, 6.45) is -13.0. The minimum Gasteiger partial charge on any atom is -0.507 e. The van der Waals surface area contributed by atoms with Crippen molar-refractivity contribution in [1.82, 2.24) is 0 Å². The van der Waals surface area contributed by atoms with Crippen LogP contribution in [0, 0.1) is 0 Å². The van der Waals surface area contributed by atoms with Crippen LogP contribution in [0.5, 0.6) is 17.2 Å². The summed E-state index contributed by atoms with van der Waals surface area (Å²) in [6, 6.07) is 56.8. The molecular formula is C69H54O19. The van der Waals surface area contributed by atoms with Gasteiger partial charge >= 0.3 is 35.8 Å². The number of rotatable bonds is 17. The first kappa shape index (κ1) is 58.9. The largest absolute Gasteiger partial charge is 0.507 e. The van der Waals surface area contributed by atoms with Crippen LogP contribution in [-0.4, -0.2) is 102 Å².